The second kappa shape index (κ2) is 9.54. The third-order valence-electron chi connectivity index (χ3n) is 4.86. The maximum Gasteiger partial charge on any atom is 0.338 e. The van der Waals surface area contributed by atoms with Gasteiger partial charge >= 0.3 is 5.97 Å². The molecule has 2 heterocycles. The third-order valence-corrected chi connectivity index (χ3v) is 6.81. The van der Waals surface area contributed by atoms with Gasteiger partial charge in [-0.3, -0.25) is 14.5 Å². The molecule has 4 rings (SSSR count). The molecular weight excluding hydrogens is 446 g/mol. The second-order valence-electron chi connectivity index (χ2n) is 7.08. The molecule has 0 spiro atoms. The Kier molecular flexibility index (Phi) is 6.57. The minimum Gasteiger partial charge on any atom is -0.456 e. The Labute approximate surface area is 193 Å². The van der Waals surface area contributed by atoms with Crippen molar-refractivity contribution in [3.05, 3.63) is 64.7 Å². The number of aromatic nitrogens is 1. The molecule has 32 heavy (non-hydrogen) atoms. The van der Waals surface area contributed by atoms with Crippen LogP contribution in [-0.4, -0.2) is 28.5 Å². The topological polar surface area (TPSA) is 88.6 Å². The number of anilines is 3. The molecule has 0 bridgehead atoms. The summed E-state index contributed by atoms with van der Waals surface area (Å²) in [6.45, 7) is 3.52. The summed E-state index contributed by atoms with van der Waals surface area (Å²) in [5.74, 6) is -0.379. The minimum absolute atomic E-state index is 0.0192. The molecule has 1 aliphatic rings. The van der Waals surface area contributed by atoms with Gasteiger partial charge in [0.1, 0.15) is 6.61 Å². The van der Waals surface area contributed by atoms with Crippen LogP contribution in [0.3, 0.4) is 0 Å². The van der Waals surface area contributed by atoms with E-state index in [1.807, 2.05) is 31.2 Å². The Hall–Kier alpha value is -3.17. The molecule has 0 saturated heterocycles. The molecular formula is C23H21N3O4S2. The van der Waals surface area contributed by atoms with Crippen LogP contribution in [0.2, 0.25) is 0 Å². The highest BCUT2D eigenvalue weighted by Crippen LogP contribution is 2.33. The smallest absolute Gasteiger partial charge is 0.338 e. The van der Waals surface area contributed by atoms with Gasteiger partial charge in [-0.25, -0.2) is 9.78 Å². The summed E-state index contributed by atoms with van der Waals surface area (Å²) >= 11 is 2.75. The zero-order chi connectivity index (χ0) is 22.7. The van der Waals surface area contributed by atoms with Gasteiger partial charge in [0.2, 0.25) is 11.8 Å². The van der Waals surface area contributed by atoms with E-state index in [0.717, 1.165) is 22.6 Å². The lowest BCUT2D eigenvalue weighted by atomic mass is 10.1. The number of nitrogens with zero attached hydrogens (tertiary/aromatic N) is 2. The van der Waals surface area contributed by atoms with Crippen molar-refractivity contribution in [2.24, 2.45) is 0 Å². The van der Waals surface area contributed by atoms with Gasteiger partial charge in [-0.05, 0) is 36.2 Å². The maximum atomic E-state index is 12.5. The number of carbonyl (C=O) groups excluding carboxylic acids is 3. The number of esters is 1. The lowest BCUT2D eigenvalue weighted by Crippen LogP contribution is -2.23. The van der Waals surface area contributed by atoms with Gasteiger partial charge in [0, 0.05) is 17.2 Å². The number of thioether (sulfide) groups is 1. The Morgan fingerprint density at radius 3 is 2.81 bits per heavy atom. The Bertz CT molecular complexity index is 1190. The summed E-state index contributed by atoms with van der Waals surface area (Å²) in [5.41, 5.74) is 3.37. The van der Waals surface area contributed by atoms with Crippen LogP contribution in [0.4, 0.5) is 16.5 Å². The van der Waals surface area contributed by atoms with Crippen LogP contribution in [0.25, 0.3) is 0 Å². The zero-order valence-corrected chi connectivity index (χ0v) is 19.2. The molecule has 0 radical (unpaired) electrons. The molecule has 164 valence electrons. The van der Waals surface area contributed by atoms with E-state index in [1.165, 1.54) is 30.0 Å². The number of fused-ring (bicyclic) bond motifs is 1. The van der Waals surface area contributed by atoms with E-state index in [4.69, 9.17) is 4.74 Å². The maximum absolute atomic E-state index is 12.5. The Morgan fingerprint density at radius 2 is 2.03 bits per heavy atom. The molecule has 0 unspecified atom stereocenters. The monoisotopic (exact) mass is 467 g/mol. The average Bonchev–Trinajstić information content (AvgIpc) is 3.25. The number of hydrogen-bond acceptors (Lipinski definition) is 7. The molecule has 7 nitrogen and oxygen atoms in total. The molecule has 0 atom stereocenters. The summed E-state index contributed by atoms with van der Waals surface area (Å²) in [7, 11) is 0. The van der Waals surface area contributed by atoms with E-state index in [-0.39, 0.29) is 18.4 Å². The first-order valence-corrected chi connectivity index (χ1v) is 11.9. The first-order chi connectivity index (χ1) is 15.5. The van der Waals surface area contributed by atoms with Gasteiger partial charge in [-0.2, -0.15) is 0 Å². The van der Waals surface area contributed by atoms with Crippen LogP contribution >= 0.6 is 23.1 Å². The summed E-state index contributed by atoms with van der Waals surface area (Å²) in [6.07, 6.45) is 0.787. The molecule has 1 aromatic heterocycles. The number of rotatable bonds is 6. The van der Waals surface area contributed by atoms with Crippen molar-refractivity contribution >= 4 is 57.4 Å². The SMILES string of the molecule is CCc1ccccc1N(C(C)=O)c1nc(COC(=O)c2ccc3c(c2)NC(=O)CS3)cs1. The number of hydrogen-bond donors (Lipinski definition) is 1. The highest BCUT2D eigenvalue weighted by molar-refractivity contribution is 8.00. The summed E-state index contributed by atoms with van der Waals surface area (Å²) in [4.78, 5) is 43.5. The van der Waals surface area contributed by atoms with Gasteiger partial charge in [0.15, 0.2) is 5.13 Å². The van der Waals surface area contributed by atoms with Crippen LogP contribution in [0.1, 0.15) is 35.5 Å². The fraction of sp³-hybridized carbons (Fsp3) is 0.217. The number of aryl methyl sites for hydroxylation is 1. The molecule has 0 saturated carbocycles. The van der Waals surface area contributed by atoms with Gasteiger partial charge in [0.05, 0.1) is 28.4 Å². The van der Waals surface area contributed by atoms with Gasteiger partial charge in [-0.1, -0.05) is 25.1 Å². The van der Waals surface area contributed by atoms with Crippen molar-refractivity contribution in [2.45, 2.75) is 31.8 Å². The molecule has 0 aliphatic carbocycles. The molecule has 9 heteroatoms. The number of carbonyl (C=O) groups is 3. The predicted octanol–water partition coefficient (Wildman–Crippen LogP) is 4.79. The van der Waals surface area contributed by atoms with Gasteiger partial charge in [0.25, 0.3) is 0 Å². The van der Waals surface area contributed by atoms with E-state index in [2.05, 4.69) is 10.3 Å². The van der Waals surface area contributed by atoms with Crippen molar-refractivity contribution in [1.29, 1.82) is 0 Å². The van der Waals surface area contributed by atoms with Crippen molar-refractivity contribution < 1.29 is 19.1 Å². The average molecular weight is 468 g/mol. The number of nitrogens with one attached hydrogen (secondary N) is 1. The molecule has 3 aromatic rings. The van der Waals surface area contributed by atoms with Crippen LogP contribution < -0.4 is 10.2 Å². The fourth-order valence-electron chi connectivity index (χ4n) is 3.33. The van der Waals surface area contributed by atoms with Crippen molar-refractivity contribution in [1.82, 2.24) is 4.98 Å². The van der Waals surface area contributed by atoms with Crippen LogP contribution in [0.5, 0.6) is 0 Å². The summed E-state index contributed by atoms with van der Waals surface area (Å²) in [5, 5.41) is 5.07. The van der Waals surface area contributed by atoms with E-state index < -0.39 is 5.97 Å². The van der Waals surface area contributed by atoms with Gasteiger partial charge in [-0.15, -0.1) is 23.1 Å². The molecule has 2 amide bonds. The van der Waals surface area contributed by atoms with E-state index >= 15 is 0 Å². The van der Waals surface area contributed by atoms with Crippen molar-refractivity contribution in [2.75, 3.05) is 16.0 Å². The van der Waals surface area contributed by atoms with Crippen molar-refractivity contribution in [3.63, 3.8) is 0 Å². The number of thiazole rings is 1. The Balaban J connectivity index is 1.47. The molecule has 1 aliphatic heterocycles. The highest BCUT2D eigenvalue weighted by Gasteiger charge is 2.21. The lowest BCUT2D eigenvalue weighted by molar-refractivity contribution is -0.116. The lowest BCUT2D eigenvalue weighted by Gasteiger charge is -2.20. The molecule has 2 aromatic carbocycles. The quantitative estimate of drug-likeness (QED) is 0.525. The normalized spacial score (nSPS) is 12.6. The minimum atomic E-state index is -0.507. The second-order valence-corrected chi connectivity index (χ2v) is 8.94. The number of para-hydroxylation sites is 1. The fourth-order valence-corrected chi connectivity index (χ4v) is 4.99. The van der Waals surface area contributed by atoms with Crippen molar-refractivity contribution in [3.8, 4) is 0 Å². The highest BCUT2D eigenvalue weighted by atomic mass is 32.2. The number of benzene rings is 2. The van der Waals surface area contributed by atoms with Gasteiger partial charge < -0.3 is 10.1 Å². The predicted molar refractivity (Wildman–Crippen MR) is 126 cm³/mol. The van der Waals surface area contributed by atoms with E-state index in [0.29, 0.717) is 27.8 Å². The third kappa shape index (κ3) is 4.68. The first kappa shape index (κ1) is 22.0. The summed E-state index contributed by atoms with van der Waals surface area (Å²) < 4.78 is 5.42. The standard InChI is InChI=1S/C23H21N3O4S2/c1-3-15-6-4-5-7-19(15)26(14(2)27)23-24-17(12-32-23)11-30-22(29)16-8-9-20-18(10-16)25-21(28)13-31-20/h4-10,12H,3,11,13H2,1-2H3,(H,25,28). The molecule has 1 N–H and O–H groups in total. The summed E-state index contributed by atoms with van der Waals surface area (Å²) in [6, 6.07) is 12.8. The largest absolute Gasteiger partial charge is 0.456 e. The van der Waals surface area contributed by atoms with E-state index in [9.17, 15) is 14.4 Å². The van der Waals surface area contributed by atoms with Crippen LogP contribution in [-0.2, 0) is 27.4 Å². The number of amides is 2. The zero-order valence-electron chi connectivity index (χ0n) is 17.6. The van der Waals surface area contributed by atoms with Crippen LogP contribution in [0, 0.1) is 0 Å². The molecule has 0 fully saturated rings. The van der Waals surface area contributed by atoms with Crippen LogP contribution in [0.15, 0.2) is 52.7 Å². The first-order valence-electron chi connectivity index (χ1n) is 10.0. The van der Waals surface area contributed by atoms with E-state index in [1.54, 1.807) is 28.5 Å². The number of ether oxygens (including phenoxy) is 1. The Morgan fingerprint density at radius 1 is 1.22 bits per heavy atom.